The van der Waals surface area contributed by atoms with E-state index in [0.29, 0.717) is 6.42 Å². The molecule has 3 rings (SSSR count). The maximum absolute atomic E-state index is 12.4. The molecule has 0 saturated carbocycles. The number of amides is 1. The summed E-state index contributed by atoms with van der Waals surface area (Å²) in [4.78, 5) is 16.6. The molecule has 5 heteroatoms. The Kier molecular flexibility index (Phi) is 5.08. The number of carbonyl (C=O) groups is 1. The fraction of sp³-hybridized carbons (Fsp3) is 0.421. The normalized spacial score (nSPS) is 14.8. The van der Waals surface area contributed by atoms with Gasteiger partial charge in [0.15, 0.2) is 5.82 Å². The quantitative estimate of drug-likeness (QED) is 0.866. The monoisotopic (exact) mass is 324 g/mol. The zero-order chi connectivity index (χ0) is 16.9. The van der Waals surface area contributed by atoms with Crippen LogP contribution in [0.25, 0.3) is 0 Å². The number of nitrogens with zero attached hydrogens (tertiary/aromatic N) is 4. The minimum absolute atomic E-state index is 0.242. The minimum atomic E-state index is 0.242. The van der Waals surface area contributed by atoms with E-state index < -0.39 is 0 Å². The molecule has 0 radical (unpaired) electrons. The van der Waals surface area contributed by atoms with Gasteiger partial charge in [0.2, 0.25) is 5.91 Å². The van der Waals surface area contributed by atoms with Gasteiger partial charge in [-0.3, -0.25) is 4.79 Å². The highest BCUT2D eigenvalue weighted by atomic mass is 16.2. The van der Waals surface area contributed by atoms with E-state index in [9.17, 15) is 4.79 Å². The topological polar surface area (TPSA) is 49.3 Å². The number of benzene rings is 1. The maximum atomic E-state index is 12.4. The Balaban J connectivity index is 1.49. The average Bonchev–Trinajstić information content (AvgIpc) is 2.61. The van der Waals surface area contributed by atoms with Gasteiger partial charge >= 0.3 is 0 Å². The molecule has 0 unspecified atom stereocenters. The van der Waals surface area contributed by atoms with E-state index in [1.54, 1.807) is 0 Å². The van der Waals surface area contributed by atoms with Crippen LogP contribution in [0.2, 0.25) is 0 Å². The summed E-state index contributed by atoms with van der Waals surface area (Å²) < 4.78 is 0. The fourth-order valence-electron chi connectivity index (χ4n) is 3.02. The van der Waals surface area contributed by atoms with Crippen LogP contribution in [0.4, 0.5) is 5.82 Å². The zero-order valence-electron chi connectivity index (χ0n) is 14.4. The van der Waals surface area contributed by atoms with Crippen LogP contribution < -0.4 is 4.90 Å². The van der Waals surface area contributed by atoms with E-state index in [4.69, 9.17) is 0 Å². The van der Waals surface area contributed by atoms with Gasteiger partial charge in [0.25, 0.3) is 0 Å². The van der Waals surface area contributed by atoms with Crippen molar-refractivity contribution >= 4 is 11.7 Å². The number of aromatic nitrogens is 2. The smallest absolute Gasteiger partial charge is 0.223 e. The number of aryl methyl sites for hydroxylation is 3. The Bertz CT molecular complexity index is 691. The van der Waals surface area contributed by atoms with Crippen molar-refractivity contribution in [2.45, 2.75) is 26.7 Å². The summed E-state index contributed by atoms with van der Waals surface area (Å²) in [6, 6.07) is 12.4. The van der Waals surface area contributed by atoms with Crippen molar-refractivity contribution < 1.29 is 4.79 Å². The van der Waals surface area contributed by atoms with Gasteiger partial charge in [-0.2, -0.15) is 5.10 Å². The SMILES string of the molecule is Cc1cccc(CCC(=O)N2CCN(c3ccc(C)nn3)CC2)c1. The Morgan fingerprint density at radius 1 is 1.04 bits per heavy atom. The highest BCUT2D eigenvalue weighted by Crippen LogP contribution is 2.14. The van der Waals surface area contributed by atoms with Gasteiger partial charge < -0.3 is 9.80 Å². The molecule has 0 atom stereocenters. The summed E-state index contributed by atoms with van der Waals surface area (Å²) in [5.41, 5.74) is 3.40. The van der Waals surface area contributed by atoms with Crippen LogP contribution in [0.3, 0.4) is 0 Å². The first-order chi connectivity index (χ1) is 11.6. The molecule has 1 saturated heterocycles. The van der Waals surface area contributed by atoms with E-state index in [2.05, 4.69) is 46.3 Å². The second-order valence-corrected chi connectivity index (χ2v) is 6.39. The van der Waals surface area contributed by atoms with Gasteiger partial charge in [0, 0.05) is 32.6 Å². The van der Waals surface area contributed by atoms with Gasteiger partial charge in [-0.25, -0.2) is 0 Å². The molecule has 0 N–H and O–H groups in total. The molecule has 2 aromatic rings. The molecular formula is C19H24N4O. The molecule has 1 amide bonds. The van der Waals surface area contributed by atoms with Gasteiger partial charge in [-0.15, -0.1) is 5.10 Å². The predicted molar refractivity (Wildman–Crippen MR) is 95.1 cm³/mol. The van der Waals surface area contributed by atoms with Crippen molar-refractivity contribution in [3.8, 4) is 0 Å². The number of carbonyl (C=O) groups excluding carboxylic acids is 1. The van der Waals surface area contributed by atoms with E-state index in [1.165, 1.54) is 11.1 Å². The van der Waals surface area contributed by atoms with Gasteiger partial charge in [-0.1, -0.05) is 29.8 Å². The highest BCUT2D eigenvalue weighted by molar-refractivity contribution is 5.76. The largest absolute Gasteiger partial charge is 0.352 e. The number of piperazine rings is 1. The van der Waals surface area contributed by atoms with Crippen LogP contribution in [0.1, 0.15) is 23.2 Å². The van der Waals surface area contributed by atoms with Crippen molar-refractivity contribution in [2.75, 3.05) is 31.1 Å². The van der Waals surface area contributed by atoms with Gasteiger partial charge in [0.05, 0.1) is 5.69 Å². The molecule has 24 heavy (non-hydrogen) atoms. The average molecular weight is 324 g/mol. The van der Waals surface area contributed by atoms with Gasteiger partial charge in [0.1, 0.15) is 0 Å². The van der Waals surface area contributed by atoms with Crippen molar-refractivity contribution in [1.82, 2.24) is 15.1 Å². The first-order valence-electron chi connectivity index (χ1n) is 8.50. The van der Waals surface area contributed by atoms with Crippen LogP contribution in [0.5, 0.6) is 0 Å². The second kappa shape index (κ2) is 7.43. The van der Waals surface area contributed by atoms with E-state index >= 15 is 0 Å². The summed E-state index contributed by atoms with van der Waals surface area (Å²) >= 11 is 0. The molecule has 2 heterocycles. The summed E-state index contributed by atoms with van der Waals surface area (Å²) in [7, 11) is 0. The Labute approximate surface area is 143 Å². The summed E-state index contributed by atoms with van der Waals surface area (Å²) in [6.07, 6.45) is 1.39. The molecule has 1 fully saturated rings. The summed E-state index contributed by atoms with van der Waals surface area (Å²) in [6.45, 7) is 7.15. The number of anilines is 1. The number of hydrogen-bond donors (Lipinski definition) is 0. The molecule has 0 spiro atoms. The first-order valence-corrected chi connectivity index (χ1v) is 8.50. The van der Waals surface area contributed by atoms with Crippen molar-refractivity contribution in [3.63, 3.8) is 0 Å². The first kappa shape index (κ1) is 16.4. The molecular weight excluding hydrogens is 300 g/mol. The highest BCUT2D eigenvalue weighted by Gasteiger charge is 2.21. The lowest BCUT2D eigenvalue weighted by atomic mass is 10.1. The lowest BCUT2D eigenvalue weighted by Gasteiger charge is -2.35. The Morgan fingerprint density at radius 2 is 1.83 bits per heavy atom. The van der Waals surface area contributed by atoms with Crippen LogP contribution in [0.15, 0.2) is 36.4 Å². The van der Waals surface area contributed by atoms with E-state index in [1.807, 2.05) is 24.0 Å². The Morgan fingerprint density at radius 3 is 2.50 bits per heavy atom. The molecule has 1 aromatic carbocycles. The zero-order valence-corrected chi connectivity index (χ0v) is 14.4. The molecule has 0 bridgehead atoms. The summed E-state index contributed by atoms with van der Waals surface area (Å²) in [5.74, 6) is 1.14. The molecule has 5 nitrogen and oxygen atoms in total. The molecule has 1 aromatic heterocycles. The van der Waals surface area contributed by atoms with Crippen LogP contribution in [0, 0.1) is 13.8 Å². The predicted octanol–water partition coefficient (Wildman–Crippen LogP) is 2.37. The van der Waals surface area contributed by atoms with Crippen molar-refractivity contribution in [1.29, 1.82) is 0 Å². The van der Waals surface area contributed by atoms with Gasteiger partial charge in [-0.05, 0) is 38.0 Å². The summed E-state index contributed by atoms with van der Waals surface area (Å²) in [5, 5.41) is 8.33. The van der Waals surface area contributed by atoms with Crippen LogP contribution in [-0.2, 0) is 11.2 Å². The lowest BCUT2D eigenvalue weighted by Crippen LogP contribution is -2.49. The molecule has 126 valence electrons. The maximum Gasteiger partial charge on any atom is 0.223 e. The third kappa shape index (κ3) is 4.10. The van der Waals surface area contributed by atoms with Crippen LogP contribution >= 0.6 is 0 Å². The Hall–Kier alpha value is -2.43. The fourth-order valence-corrected chi connectivity index (χ4v) is 3.02. The third-order valence-corrected chi connectivity index (χ3v) is 4.45. The molecule has 1 aliphatic rings. The third-order valence-electron chi connectivity index (χ3n) is 4.45. The lowest BCUT2D eigenvalue weighted by molar-refractivity contribution is -0.131. The molecule has 1 aliphatic heterocycles. The number of hydrogen-bond acceptors (Lipinski definition) is 4. The van der Waals surface area contributed by atoms with Crippen LogP contribution in [-0.4, -0.2) is 47.2 Å². The second-order valence-electron chi connectivity index (χ2n) is 6.39. The standard InChI is InChI=1S/C19H24N4O/c1-15-4-3-5-17(14-15)7-9-19(24)23-12-10-22(11-13-23)18-8-6-16(2)20-21-18/h3-6,8,14H,7,9-13H2,1-2H3. The number of rotatable bonds is 4. The van der Waals surface area contributed by atoms with E-state index in [-0.39, 0.29) is 5.91 Å². The van der Waals surface area contributed by atoms with E-state index in [0.717, 1.165) is 44.1 Å². The minimum Gasteiger partial charge on any atom is -0.352 e. The molecule has 0 aliphatic carbocycles. The van der Waals surface area contributed by atoms with Crippen molar-refractivity contribution in [3.05, 3.63) is 53.2 Å². The van der Waals surface area contributed by atoms with Crippen molar-refractivity contribution in [2.24, 2.45) is 0 Å².